The fraction of sp³-hybridized carbons (Fsp3) is 0.400. The summed E-state index contributed by atoms with van der Waals surface area (Å²) in [6.45, 7) is 4.07. The van der Waals surface area contributed by atoms with Crippen LogP contribution in [0, 0.1) is 11.8 Å². The van der Waals surface area contributed by atoms with E-state index in [4.69, 9.17) is 0 Å². The number of carbonyl (C=O) groups is 2. The number of hydrogen-bond donors (Lipinski definition) is 2. The van der Waals surface area contributed by atoms with Crippen LogP contribution in [-0.4, -0.2) is 12.8 Å². The van der Waals surface area contributed by atoms with Crippen molar-refractivity contribution in [1.29, 1.82) is 0 Å². The van der Waals surface area contributed by atoms with E-state index in [9.17, 15) is 9.59 Å². The Labute approximate surface area is 83.1 Å². The molecule has 14 heavy (non-hydrogen) atoms. The van der Waals surface area contributed by atoms with Gasteiger partial charge in [-0.15, -0.1) is 0 Å². The fourth-order valence-corrected chi connectivity index (χ4v) is 1.47. The number of allylic oxidation sites excluding steroid dienone is 3. The first-order valence-corrected chi connectivity index (χ1v) is 4.53. The molecular weight excluding hydrogens is 180 g/mol. The molecule has 76 valence electrons. The first-order valence-electron chi connectivity index (χ1n) is 4.53. The molecule has 0 aromatic heterocycles. The summed E-state index contributed by atoms with van der Waals surface area (Å²) in [6.07, 6.45) is 5.05. The third-order valence-corrected chi connectivity index (χ3v) is 2.53. The molecule has 0 aromatic carbocycles. The topological polar surface area (TPSA) is 58.2 Å². The van der Waals surface area contributed by atoms with E-state index in [0.717, 1.165) is 5.70 Å². The lowest BCUT2D eigenvalue weighted by atomic mass is 9.87. The average molecular weight is 194 g/mol. The molecule has 0 radical (unpaired) electrons. The van der Waals surface area contributed by atoms with E-state index in [0.29, 0.717) is 24.4 Å². The van der Waals surface area contributed by atoms with Crippen LogP contribution < -0.4 is 10.6 Å². The number of amides is 2. The molecular formula is C10H14N2O2. The van der Waals surface area contributed by atoms with Crippen LogP contribution in [0.25, 0.3) is 0 Å². The summed E-state index contributed by atoms with van der Waals surface area (Å²) in [4.78, 5) is 20.7. The second-order valence-corrected chi connectivity index (χ2v) is 3.36. The molecule has 0 aromatic rings. The molecule has 1 aliphatic rings. The number of rotatable bonds is 4. The molecule has 2 N–H and O–H groups in total. The third kappa shape index (κ3) is 2.02. The van der Waals surface area contributed by atoms with Crippen LogP contribution >= 0.6 is 0 Å². The van der Waals surface area contributed by atoms with Crippen molar-refractivity contribution in [2.75, 3.05) is 0 Å². The Morgan fingerprint density at radius 3 is 2.43 bits per heavy atom. The maximum Gasteiger partial charge on any atom is 0.211 e. The van der Waals surface area contributed by atoms with Gasteiger partial charge >= 0.3 is 0 Å². The predicted molar refractivity (Wildman–Crippen MR) is 52.9 cm³/mol. The predicted octanol–water partition coefficient (Wildman–Crippen LogP) is 0.532. The van der Waals surface area contributed by atoms with Gasteiger partial charge in [-0.25, -0.2) is 0 Å². The van der Waals surface area contributed by atoms with Crippen molar-refractivity contribution < 1.29 is 9.59 Å². The normalized spacial score (nSPS) is 25.9. The molecule has 0 bridgehead atoms. The molecule has 0 saturated carbocycles. The van der Waals surface area contributed by atoms with E-state index >= 15 is 0 Å². The summed E-state index contributed by atoms with van der Waals surface area (Å²) < 4.78 is 0. The molecule has 0 spiro atoms. The molecule has 0 aliphatic heterocycles. The lowest BCUT2D eigenvalue weighted by molar-refractivity contribution is -0.110. The van der Waals surface area contributed by atoms with Crippen molar-refractivity contribution >= 4 is 12.8 Å². The maximum absolute atomic E-state index is 10.4. The second kappa shape index (κ2) is 4.60. The van der Waals surface area contributed by atoms with Gasteiger partial charge in [0.05, 0.1) is 5.70 Å². The monoisotopic (exact) mass is 194 g/mol. The molecule has 2 amide bonds. The Morgan fingerprint density at radius 1 is 1.21 bits per heavy atom. The highest BCUT2D eigenvalue weighted by atomic mass is 16.1. The second-order valence-electron chi connectivity index (χ2n) is 3.36. The standard InChI is InChI=1S/C10H14N2O2/c1-7-3-4-9(11-5-13)10(8(7)2)12-6-14/h3-8H,1-2H3,(H,11,13)(H,12,14). The van der Waals surface area contributed by atoms with E-state index in [-0.39, 0.29) is 5.92 Å². The Balaban J connectivity index is 2.96. The first kappa shape index (κ1) is 10.5. The first-order chi connectivity index (χ1) is 6.70. The zero-order valence-electron chi connectivity index (χ0n) is 8.28. The summed E-state index contributed by atoms with van der Waals surface area (Å²) in [6, 6.07) is 0. The average Bonchev–Trinajstić information content (AvgIpc) is 2.18. The van der Waals surface area contributed by atoms with Gasteiger partial charge in [0.25, 0.3) is 0 Å². The largest absolute Gasteiger partial charge is 0.330 e. The van der Waals surface area contributed by atoms with Crippen LogP contribution in [0.5, 0.6) is 0 Å². The van der Waals surface area contributed by atoms with Crippen molar-refractivity contribution in [2.24, 2.45) is 11.8 Å². The highest BCUT2D eigenvalue weighted by Gasteiger charge is 2.21. The van der Waals surface area contributed by atoms with E-state index in [1.807, 2.05) is 19.1 Å². The van der Waals surface area contributed by atoms with E-state index < -0.39 is 0 Å². The van der Waals surface area contributed by atoms with Gasteiger partial charge in [-0.05, 0) is 12.0 Å². The lowest BCUT2D eigenvalue weighted by Crippen LogP contribution is -2.29. The summed E-state index contributed by atoms with van der Waals surface area (Å²) >= 11 is 0. The minimum atomic E-state index is 0.202. The molecule has 1 rings (SSSR count). The highest BCUT2D eigenvalue weighted by molar-refractivity contribution is 5.57. The van der Waals surface area contributed by atoms with Gasteiger partial charge in [0.1, 0.15) is 0 Å². The zero-order valence-corrected chi connectivity index (χ0v) is 8.28. The lowest BCUT2D eigenvalue weighted by Gasteiger charge is -2.25. The minimum absolute atomic E-state index is 0.202. The molecule has 2 atom stereocenters. The van der Waals surface area contributed by atoms with Crippen LogP contribution in [0.2, 0.25) is 0 Å². The number of nitrogens with one attached hydrogen (secondary N) is 2. The molecule has 1 aliphatic carbocycles. The quantitative estimate of drug-likeness (QED) is 0.641. The van der Waals surface area contributed by atoms with Crippen LogP contribution in [-0.2, 0) is 9.59 Å². The van der Waals surface area contributed by atoms with Gasteiger partial charge in [0.2, 0.25) is 12.8 Å². The Hall–Kier alpha value is -1.58. The number of carbonyl (C=O) groups excluding carboxylic acids is 2. The fourth-order valence-electron chi connectivity index (χ4n) is 1.47. The van der Waals surface area contributed by atoms with Gasteiger partial charge in [-0.3, -0.25) is 9.59 Å². The Kier molecular flexibility index (Phi) is 3.45. The molecule has 0 fully saturated rings. The van der Waals surface area contributed by atoms with Crippen LogP contribution in [0.1, 0.15) is 13.8 Å². The Bertz CT molecular complexity index is 294. The van der Waals surface area contributed by atoms with Crippen molar-refractivity contribution in [2.45, 2.75) is 13.8 Å². The van der Waals surface area contributed by atoms with Crippen molar-refractivity contribution in [3.05, 3.63) is 23.5 Å². The van der Waals surface area contributed by atoms with Gasteiger partial charge in [-0.1, -0.05) is 19.9 Å². The molecule has 4 heteroatoms. The van der Waals surface area contributed by atoms with Crippen molar-refractivity contribution in [1.82, 2.24) is 10.6 Å². The summed E-state index contributed by atoms with van der Waals surface area (Å²) in [5.74, 6) is 0.558. The summed E-state index contributed by atoms with van der Waals surface area (Å²) in [7, 11) is 0. The van der Waals surface area contributed by atoms with Gasteiger partial charge in [-0.2, -0.15) is 0 Å². The van der Waals surface area contributed by atoms with E-state index in [2.05, 4.69) is 17.6 Å². The summed E-state index contributed by atoms with van der Waals surface area (Å²) in [5, 5.41) is 5.19. The smallest absolute Gasteiger partial charge is 0.211 e. The summed E-state index contributed by atoms with van der Waals surface area (Å²) in [5.41, 5.74) is 1.43. The molecule has 0 saturated heterocycles. The van der Waals surface area contributed by atoms with Gasteiger partial charge in [0, 0.05) is 11.6 Å². The van der Waals surface area contributed by atoms with Crippen LogP contribution in [0.3, 0.4) is 0 Å². The Morgan fingerprint density at radius 2 is 1.86 bits per heavy atom. The zero-order chi connectivity index (χ0) is 10.6. The van der Waals surface area contributed by atoms with Gasteiger partial charge in [0.15, 0.2) is 0 Å². The number of hydrogen-bond acceptors (Lipinski definition) is 2. The third-order valence-electron chi connectivity index (χ3n) is 2.53. The van der Waals surface area contributed by atoms with Crippen molar-refractivity contribution in [3.8, 4) is 0 Å². The molecule has 0 heterocycles. The highest BCUT2D eigenvalue weighted by Crippen LogP contribution is 2.26. The van der Waals surface area contributed by atoms with E-state index in [1.54, 1.807) is 0 Å². The SMILES string of the molecule is CC1C=CC(NC=O)=C(NC=O)C1C. The van der Waals surface area contributed by atoms with Crippen molar-refractivity contribution in [3.63, 3.8) is 0 Å². The van der Waals surface area contributed by atoms with E-state index in [1.165, 1.54) is 0 Å². The van der Waals surface area contributed by atoms with Gasteiger partial charge < -0.3 is 10.6 Å². The maximum atomic E-state index is 10.4. The molecule has 2 unspecified atom stereocenters. The van der Waals surface area contributed by atoms with Crippen LogP contribution in [0.15, 0.2) is 23.5 Å². The van der Waals surface area contributed by atoms with Crippen LogP contribution in [0.4, 0.5) is 0 Å². The minimum Gasteiger partial charge on any atom is -0.330 e. The molecule has 4 nitrogen and oxygen atoms in total.